The number of piperazine rings is 1. The lowest BCUT2D eigenvalue weighted by molar-refractivity contribution is 0.00880. The fourth-order valence-electron chi connectivity index (χ4n) is 6.64. The van der Waals surface area contributed by atoms with Crippen LogP contribution in [0.3, 0.4) is 0 Å². The largest absolute Gasteiger partial charge is 0.381 e. The van der Waals surface area contributed by atoms with Gasteiger partial charge < -0.3 is 20.3 Å². The Morgan fingerprint density at radius 1 is 1.18 bits per heavy atom. The van der Waals surface area contributed by atoms with Crippen molar-refractivity contribution in [1.29, 1.82) is 0 Å². The molecule has 3 amide bonds. The highest BCUT2D eigenvalue weighted by Gasteiger charge is 2.47. The number of H-pyrrole nitrogens is 1. The van der Waals surface area contributed by atoms with Crippen LogP contribution >= 0.6 is 0 Å². The number of rotatable bonds is 5. The molecule has 0 aliphatic carbocycles. The maximum atomic E-state index is 14.1. The molecule has 2 aromatic heterocycles. The minimum Gasteiger partial charge on any atom is -0.381 e. The monoisotopic (exact) mass is 525 g/mol. The quantitative estimate of drug-likeness (QED) is 0.623. The van der Waals surface area contributed by atoms with Gasteiger partial charge in [0, 0.05) is 56.2 Å². The number of aryl methyl sites for hydroxylation is 2. The number of carbonyl (C=O) groups is 2. The minimum atomic E-state index is -0.568. The van der Waals surface area contributed by atoms with Crippen LogP contribution in [0.15, 0.2) is 6.07 Å². The number of nitrogens with zero attached hydrogens (tertiary/aromatic N) is 5. The lowest BCUT2D eigenvalue weighted by Gasteiger charge is -2.47. The van der Waals surface area contributed by atoms with Crippen molar-refractivity contribution in [2.45, 2.75) is 85.0 Å². The van der Waals surface area contributed by atoms with Gasteiger partial charge in [-0.15, -0.1) is 0 Å². The van der Waals surface area contributed by atoms with E-state index in [-0.39, 0.29) is 12.1 Å². The number of urea groups is 1. The predicted octanol–water partition coefficient (Wildman–Crippen LogP) is 3.16. The van der Waals surface area contributed by atoms with Gasteiger partial charge in [-0.3, -0.25) is 19.4 Å². The van der Waals surface area contributed by atoms with Crippen molar-refractivity contribution in [2.24, 2.45) is 11.7 Å². The van der Waals surface area contributed by atoms with E-state index in [4.69, 9.17) is 10.5 Å². The summed E-state index contributed by atoms with van der Waals surface area (Å²) in [5.74, 6) is 0.847. The van der Waals surface area contributed by atoms with Crippen molar-refractivity contribution in [3.05, 3.63) is 34.3 Å². The molecular weight excluding hydrogens is 482 g/mol. The lowest BCUT2D eigenvalue weighted by Crippen LogP contribution is -2.62. The van der Waals surface area contributed by atoms with Crippen molar-refractivity contribution in [3.8, 4) is 5.82 Å². The molecule has 2 saturated heterocycles. The van der Waals surface area contributed by atoms with Gasteiger partial charge in [-0.05, 0) is 71.4 Å². The first-order valence-electron chi connectivity index (χ1n) is 14.0. The topological polar surface area (TPSA) is 113 Å². The Bertz CT molecular complexity index is 1210. The fourth-order valence-corrected chi connectivity index (χ4v) is 6.64. The fraction of sp³-hybridized carbons (Fsp3) is 0.679. The summed E-state index contributed by atoms with van der Waals surface area (Å²) in [5, 5.41) is 7.84. The Balaban J connectivity index is 1.37. The third kappa shape index (κ3) is 4.41. The van der Waals surface area contributed by atoms with Gasteiger partial charge >= 0.3 is 6.03 Å². The third-order valence-electron chi connectivity index (χ3n) is 8.95. The molecule has 2 fully saturated rings. The number of ether oxygens (including phenoxy) is 1. The lowest BCUT2D eigenvalue weighted by atomic mass is 9.97. The maximum Gasteiger partial charge on any atom is 0.321 e. The second-order valence-electron chi connectivity index (χ2n) is 11.9. The summed E-state index contributed by atoms with van der Waals surface area (Å²) >= 11 is 0. The summed E-state index contributed by atoms with van der Waals surface area (Å²) in [6, 6.07) is 2.45. The number of amides is 3. The van der Waals surface area contributed by atoms with Gasteiger partial charge in [0.15, 0.2) is 5.82 Å². The molecule has 3 N–H and O–H groups in total. The highest BCUT2D eigenvalue weighted by Crippen LogP contribution is 2.42. The van der Waals surface area contributed by atoms with Gasteiger partial charge in [0.25, 0.3) is 5.91 Å². The molecule has 3 aliphatic heterocycles. The molecule has 38 heavy (non-hydrogen) atoms. The summed E-state index contributed by atoms with van der Waals surface area (Å²) in [6.45, 7) is 17.3. The molecule has 10 heteroatoms. The molecule has 0 spiro atoms. The van der Waals surface area contributed by atoms with E-state index >= 15 is 0 Å². The van der Waals surface area contributed by atoms with Gasteiger partial charge in [-0.25, -0.2) is 4.79 Å². The maximum absolute atomic E-state index is 14.1. The van der Waals surface area contributed by atoms with Gasteiger partial charge in [0.05, 0.1) is 17.8 Å². The summed E-state index contributed by atoms with van der Waals surface area (Å²) in [6.07, 6.45) is 2.97. The molecule has 0 radical (unpaired) electrons. The smallest absolute Gasteiger partial charge is 0.321 e. The molecule has 208 valence electrons. The van der Waals surface area contributed by atoms with E-state index in [2.05, 4.69) is 42.8 Å². The second kappa shape index (κ2) is 10.0. The molecular formula is C28H43N7O3. The van der Waals surface area contributed by atoms with Crippen LogP contribution in [0, 0.1) is 12.8 Å². The highest BCUT2D eigenvalue weighted by atomic mass is 16.5. The molecule has 0 saturated carbocycles. The minimum absolute atomic E-state index is 0.0464. The molecule has 0 bridgehead atoms. The number of aromatic nitrogens is 3. The third-order valence-corrected chi connectivity index (χ3v) is 8.95. The predicted molar refractivity (Wildman–Crippen MR) is 145 cm³/mol. The normalized spacial score (nSPS) is 24.2. The van der Waals surface area contributed by atoms with Crippen LogP contribution in [-0.2, 0) is 23.2 Å². The number of carbonyl (C=O) groups excluding carboxylic acids is 2. The average molecular weight is 526 g/mol. The van der Waals surface area contributed by atoms with E-state index in [1.54, 1.807) is 0 Å². The standard InChI is InChI=1S/C28H43N7O3/c1-7-21-12-17(2)23(25(29)36)35(21)26-22-16-34(28(5,6)24(22)30-31-26)27(37)33-14-18(3)32(13-19(33)4)15-20-8-10-38-11-9-20/h12,18-20H,7-11,13-16H2,1-6H3,(H2,29,36)(H,30,31)/t18-,19+/m1/s1. The molecule has 5 heterocycles. The SMILES string of the molecule is CCc1cc(C)c(C(N)=O)n1-c1n[nH]c2c1CN(C(=O)N1C[C@@H](C)N(CC3CCOCC3)C[C@@H]1C)C2(C)C. The Labute approximate surface area is 225 Å². The van der Waals surface area contributed by atoms with Gasteiger partial charge in [-0.1, -0.05) is 6.92 Å². The first-order valence-corrected chi connectivity index (χ1v) is 14.0. The van der Waals surface area contributed by atoms with Crippen LogP contribution in [0.4, 0.5) is 4.79 Å². The highest BCUT2D eigenvalue weighted by molar-refractivity contribution is 5.93. The summed E-state index contributed by atoms with van der Waals surface area (Å²) in [5.41, 5.74) is 9.30. The van der Waals surface area contributed by atoms with E-state index in [0.717, 1.165) is 68.1 Å². The van der Waals surface area contributed by atoms with Gasteiger partial charge in [0.1, 0.15) is 5.69 Å². The van der Waals surface area contributed by atoms with Crippen LogP contribution in [0.1, 0.15) is 80.5 Å². The summed E-state index contributed by atoms with van der Waals surface area (Å²) in [7, 11) is 0. The molecule has 3 aliphatic rings. The summed E-state index contributed by atoms with van der Waals surface area (Å²) in [4.78, 5) is 33.0. The first-order chi connectivity index (χ1) is 18.0. The zero-order chi connectivity index (χ0) is 27.4. The second-order valence-corrected chi connectivity index (χ2v) is 11.9. The zero-order valence-electron chi connectivity index (χ0n) is 23.7. The van der Waals surface area contributed by atoms with Crippen LogP contribution in [0.25, 0.3) is 5.82 Å². The Kier molecular flexibility index (Phi) is 7.06. The van der Waals surface area contributed by atoms with E-state index in [0.29, 0.717) is 36.6 Å². The number of nitrogens with two attached hydrogens (primary N) is 1. The van der Waals surface area contributed by atoms with Crippen molar-refractivity contribution in [1.82, 2.24) is 29.5 Å². The molecule has 2 aromatic rings. The van der Waals surface area contributed by atoms with Crippen molar-refractivity contribution < 1.29 is 14.3 Å². The molecule has 10 nitrogen and oxygen atoms in total. The average Bonchev–Trinajstić information content (AvgIpc) is 3.52. The molecule has 5 rings (SSSR count). The molecule has 2 atom stereocenters. The van der Waals surface area contributed by atoms with Gasteiger partial charge in [0.2, 0.25) is 0 Å². The molecule has 0 aromatic carbocycles. The van der Waals surface area contributed by atoms with Crippen LogP contribution in [-0.4, -0.2) is 86.3 Å². The number of hydrogen-bond donors (Lipinski definition) is 2. The Hall–Kier alpha value is -2.85. The van der Waals surface area contributed by atoms with Crippen LogP contribution in [0.5, 0.6) is 0 Å². The van der Waals surface area contributed by atoms with Crippen molar-refractivity contribution in [2.75, 3.05) is 32.8 Å². The van der Waals surface area contributed by atoms with Gasteiger partial charge in [-0.2, -0.15) is 5.10 Å². The molecule has 0 unspecified atom stereocenters. The number of aromatic amines is 1. The number of primary amides is 1. The number of hydrogen-bond acceptors (Lipinski definition) is 5. The van der Waals surface area contributed by atoms with E-state index in [1.807, 2.05) is 34.3 Å². The van der Waals surface area contributed by atoms with E-state index < -0.39 is 11.4 Å². The first kappa shape index (κ1) is 26.7. The number of nitrogens with one attached hydrogen (secondary N) is 1. The Morgan fingerprint density at radius 2 is 1.89 bits per heavy atom. The Morgan fingerprint density at radius 3 is 2.55 bits per heavy atom. The summed E-state index contributed by atoms with van der Waals surface area (Å²) < 4.78 is 7.41. The van der Waals surface area contributed by atoms with E-state index in [9.17, 15) is 9.59 Å². The van der Waals surface area contributed by atoms with Crippen molar-refractivity contribution >= 4 is 11.9 Å². The zero-order valence-corrected chi connectivity index (χ0v) is 23.7. The van der Waals surface area contributed by atoms with Crippen LogP contribution < -0.4 is 5.73 Å². The van der Waals surface area contributed by atoms with Crippen LogP contribution in [0.2, 0.25) is 0 Å². The van der Waals surface area contributed by atoms with Crippen molar-refractivity contribution in [3.63, 3.8) is 0 Å². The number of fused-ring (bicyclic) bond motifs is 1. The van der Waals surface area contributed by atoms with E-state index in [1.165, 1.54) is 0 Å².